The zero-order chi connectivity index (χ0) is 24.1. The normalized spacial score (nSPS) is 36.8. The summed E-state index contributed by atoms with van der Waals surface area (Å²) in [5.41, 5.74) is 5.23. The fraction of sp³-hybridized carbons (Fsp3) is 0.630. The molecule has 1 aromatic heterocycles. The summed E-state index contributed by atoms with van der Waals surface area (Å²) in [5, 5.41) is 8.46. The van der Waals surface area contributed by atoms with E-state index in [1.54, 1.807) is 0 Å². The van der Waals surface area contributed by atoms with E-state index in [-0.39, 0.29) is 22.6 Å². The molecule has 7 nitrogen and oxygen atoms in total. The Bertz CT molecular complexity index is 1190. The third-order valence-corrected chi connectivity index (χ3v) is 9.85. The number of primary amides is 1. The lowest BCUT2D eigenvalue weighted by molar-refractivity contribution is -0.211. The molecule has 0 aliphatic heterocycles. The van der Waals surface area contributed by atoms with Crippen LogP contribution in [0.4, 0.5) is 10.1 Å². The molecule has 0 atom stereocenters. The van der Waals surface area contributed by atoms with Gasteiger partial charge >= 0.3 is 0 Å². The van der Waals surface area contributed by atoms with E-state index in [1.807, 2.05) is 29.2 Å². The maximum absolute atomic E-state index is 14.4. The van der Waals surface area contributed by atoms with Crippen molar-refractivity contribution in [3.05, 3.63) is 30.2 Å². The minimum Gasteiger partial charge on any atom is -0.420 e. The Hall–Kier alpha value is -2.77. The van der Waals surface area contributed by atoms with Crippen LogP contribution in [0.1, 0.15) is 82.4 Å². The monoisotopic (exact) mass is 478 g/mol. The van der Waals surface area contributed by atoms with Crippen LogP contribution in [0.25, 0.3) is 11.5 Å². The summed E-state index contributed by atoms with van der Waals surface area (Å²) in [6.45, 7) is 0.586. The van der Waals surface area contributed by atoms with Gasteiger partial charge in [0.25, 0.3) is 0 Å². The number of halogens is 1. The minimum absolute atomic E-state index is 0.0325. The summed E-state index contributed by atoms with van der Waals surface area (Å²) in [6, 6.07) is 7.75. The Balaban J connectivity index is 1.20. The highest BCUT2D eigenvalue weighted by Gasteiger charge is 2.73. The molecule has 0 spiro atoms. The first-order valence-corrected chi connectivity index (χ1v) is 13.0. The third-order valence-electron chi connectivity index (χ3n) is 9.85. The van der Waals surface area contributed by atoms with Gasteiger partial charge in [-0.3, -0.25) is 9.59 Å². The van der Waals surface area contributed by atoms with Crippen LogP contribution in [-0.4, -0.2) is 34.2 Å². The maximum atomic E-state index is 14.4. The first-order chi connectivity index (χ1) is 16.7. The zero-order valence-corrected chi connectivity index (χ0v) is 19.9. The summed E-state index contributed by atoms with van der Waals surface area (Å²) >= 11 is 0. The molecule has 1 heterocycles. The average Bonchev–Trinajstić information content (AvgIpc) is 3.57. The van der Waals surface area contributed by atoms with Gasteiger partial charge in [-0.15, -0.1) is 10.2 Å². The molecule has 2 amide bonds. The number of hydrogen-bond acceptors (Lipinski definition) is 5. The number of anilines is 1. The second-order valence-corrected chi connectivity index (χ2v) is 12.3. The molecule has 8 heteroatoms. The number of aromatic nitrogens is 2. The van der Waals surface area contributed by atoms with Gasteiger partial charge in [-0.1, -0.05) is 6.07 Å². The van der Waals surface area contributed by atoms with Gasteiger partial charge in [0.1, 0.15) is 5.67 Å². The summed E-state index contributed by atoms with van der Waals surface area (Å²) in [7, 11) is 0. The number of carbonyl (C=O) groups excluding carboxylic acids is 2. The largest absolute Gasteiger partial charge is 0.420 e. The number of hydrogen-bond donors (Lipinski definition) is 1. The van der Waals surface area contributed by atoms with Gasteiger partial charge in [-0.2, -0.15) is 0 Å². The lowest BCUT2D eigenvalue weighted by atomic mass is 9.41. The highest BCUT2D eigenvalue weighted by molar-refractivity contribution is 6.00. The summed E-state index contributed by atoms with van der Waals surface area (Å²) < 4.78 is 20.3. The fourth-order valence-electron chi connectivity index (χ4n) is 7.32. The van der Waals surface area contributed by atoms with Crippen LogP contribution in [0.3, 0.4) is 0 Å². The molecule has 0 unspecified atom stereocenters. The number of nitrogens with two attached hydrogens (primary N) is 1. The van der Waals surface area contributed by atoms with Crippen molar-refractivity contribution in [1.29, 1.82) is 0 Å². The van der Waals surface area contributed by atoms with Crippen LogP contribution in [-0.2, 0) is 9.59 Å². The van der Waals surface area contributed by atoms with Crippen molar-refractivity contribution < 1.29 is 18.4 Å². The lowest BCUT2D eigenvalue weighted by Gasteiger charge is -2.65. The summed E-state index contributed by atoms with van der Waals surface area (Å²) in [4.78, 5) is 28.0. The van der Waals surface area contributed by atoms with E-state index in [4.69, 9.17) is 10.2 Å². The predicted molar refractivity (Wildman–Crippen MR) is 126 cm³/mol. The molecule has 9 rings (SSSR count). The molecule has 35 heavy (non-hydrogen) atoms. The van der Waals surface area contributed by atoms with Gasteiger partial charge in [0, 0.05) is 29.1 Å². The lowest BCUT2D eigenvalue weighted by Crippen LogP contribution is -2.71. The maximum Gasteiger partial charge on any atom is 0.247 e. The Morgan fingerprint density at radius 2 is 1.71 bits per heavy atom. The molecule has 7 aliphatic rings. The second-order valence-electron chi connectivity index (χ2n) is 12.3. The quantitative estimate of drug-likeness (QED) is 0.623. The third kappa shape index (κ3) is 3.21. The number of benzene rings is 1. The number of alkyl halides is 1. The van der Waals surface area contributed by atoms with Crippen molar-refractivity contribution in [2.45, 2.75) is 82.2 Å². The molecule has 2 N–H and O–H groups in total. The predicted octanol–water partition coefficient (Wildman–Crippen LogP) is 4.67. The van der Waals surface area contributed by atoms with Crippen LogP contribution in [0.2, 0.25) is 0 Å². The SMILES string of the molecule is NC(=O)C12CCC(CN(C(=O)C34CC(F)(C3)C4)c3cccc(-c4nnc(C5CC5)o4)c3)(CC1)CC2. The van der Waals surface area contributed by atoms with Crippen molar-refractivity contribution in [2.24, 2.45) is 22.0 Å². The summed E-state index contributed by atoms with van der Waals surface area (Å²) in [5.74, 6) is 1.37. The molecule has 0 saturated heterocycles. The van der Waals surface area contributed by atoms with Crippen LogP contribution < -0.4 is 10.6 Å². The highest BCUT2D eigenvalue weighted by Crippen LogP contribution is 2.70. The molecule has 2 aromatic rings. The first-order valence-electron chi connectivity index (χ1n) is 13.0. The molecule has 7 aliphatic carbocycles. The highest BCUT2D eigenvalue weighted by atomic mass is 19.1. The number of rotatable bonds is 7. The van der Waals surface area contributed by atoms with E-state index in [0.29, 0.717) is 43.5 Å². The molecule has 7 fully saturated rings. The van der Waals surface area contributed by atoms with E-state index in [2.05, 4.69) is 10.2 Å². The topological polar surface area (TPSA) is 102 Å². The Kier molecular flexibility index (Phi) is 4.25. The van der Waals surface area contributed by atoms with Crippen molar-refractivity contribution in [3.8, 4) is 11.5 Å². The number of fused-ring (bicyclic) bond motifs is 3. The van der Waals surface area contributed by atoms with Gasteiger partial charge in [-0.25, -0.2) is 4.39 Å². The van der Waals surface area contributed by atoms with Gasteiger partial charge < -0.3 is 15.1 Å². The molecule has 184 valence electrons. The first kappa shape index (κ1) is 21.5. The van der Waals surface area contributed by atoms with E-state index in [1.165, 1.54) is 0 Å². The summed E-state index contributed by atoms with van der Waals surface area (Å²) in [6.07, 6.45) is 8.18. The van der Waals surface area contributed by atoms with E-state index < -0.39 is 11.1 Å². The van der Waals surface area contributed by atoms with Gasteiger partial charge in [0.2, 0.25) is 23.6 Å². The molecular formula is C27H31FN4O3. The van der Waals surface area contributed by atoms with Crippen LogP contribution >= 0.6 is 0 Å². The minimum atomic E-state index is -1.14. The van der Waals surface area contributed by atoms with Crippen molar-refractivity contribution in [2.75, 3.05) is 11.4 Å². The Morgan fingerprint density at radius 3 is 2.31 bits per heavy atom. The molecule has 7 saturated carbocycles. The van der Waals surface area contributed by atoms with Crippen molar-refractivity contribution in [3.63, 3.8) is 0 Å². The molecule has 4 bridgehead atoms. The standard InChI is InChI=1S/C27H31FN4O3/c28-27-13-26(14-27,15-27)23(34)32(16-24-6-9-25(10-7-24,11-8-24)22(29)33)19-3-1-2-18(12-19)21-31-30-20(35-21)17-4-5-17/h1-3,12,17H,4-11,13-16H2,(H2,29,33). The van der Waals surface area contributed by atoms with Crippen LogP contribution in [0, 0.1) is 16.2 Å². The molecule has 1 aromatic carbocycles. The average molecular weight is 479 g/mol. The van der Waals surface area contributed by atoms with Crippen LogP contribution in [0.15, 0.2) is 28.7 Å². The smallest absolute Gasteiger partial charge is 0.247 e. The fourth-order valence-corrected chi connectivity index (χ4v) is 7.32. The van der Waals surface area contributed by atoms with Crippen LogP contribution in [0.5, 0.6) is 0 Å². The molecular weight excluding hydrogens is 447 g/mol. The molecule has 0 radical (unpaired) electrons. The van der Waals surface area contributed by atoms with Gasteiger partial charge in [0.05, 0.1) is 5.41 Å². The number of nitrogens with zero attached hydrogens (tertiary/aromatic N) is 3. The second kappa shape index (κ2) is 6.92. The van der Waals surface area contributed by atoms with Crippen molar-refractivity contribution in [1.82, 2.24) is 10.2 Å². The number of amides is 2. The Labute approximate surface area is 203 Å². The number of carbonyl (C=O) groups is 2. The van der Waals surface area contributed by atoms with E-state index in [9.17, 15) is 14.0 Å². The van der Waals surface area contributed by atoms with Crippen molar-refractivity contribution >= 4 is 17.5 Å². The van der Waals surface area contributed by atoms with Gasteiger partial charge in [-0.05, 0) is 94.2 Å². The van der Waals surface area contributed by atoms with E-state index in [0.717, 1.165) is 62.6 Å². The Morgan fingerprint density at radius 1 is 1.03 bits per heavy atom. The van der Waals surface area contributed by atoms with Gasteiger partial charge in [0.15, 0.2) is 0 Å². The van der Waals surface area contributed by atoms with E-state index >= 15 is 0 Å². The zero-order valence-electron chi connectivity index (χ0n) is 19.9.